The second kappa shape index (κ2) is 6.23. The molecule has 0 bridgehead atoms. The number of amides is 1. The Kier molecular flexibility index (Phi) is 4.23. The fraction of sp³-hybridized carbons (Fsp3) is 0.500. The Hall–Kier alpha value is -2.84. The molecule has 1 aliphatic heterocycles. The van der Waals surface area contributed by atoms with E-state index in [4.69, 9.17) is 9.15 Å². The van der Waals surface area contributed by atoms with Crippen molar-refractivity contribution in [3.05, 3.63) is 28.3 Å². The van der Waals surface area contributed by atoms with Gasteiger partial charge in [0, 0.05) is 38.3 Å². The summed E-state index contributed by atoms with van der Waals surface area (Å²) >= 11 is 0. The maximum atomic E-state index is 12.1. The van der Waals surface area contributed by atoms with Gasteiger partial charge in [-0.15, -0.1) is 0 Å². The standard InChI is InChI=1S/C16H20N4O5/c1-16(2,3)25-15(21)19-8-6-18(7-9-19)14-17-12-10-11(20(22)23)4-5-13(12)24-14/h4-5,10H,6-9H2,1-3H3. The monoisotopic (exact) mass is 348 g/mol. The number of nitrogens with zero attached hydrogens (tertiary/aromatic N) is 4. The summed E-state index contributed by atoms with van der Waals surface area (Å²) in [5, 5.41) is 10.8. The fourth-order valence-corrected chi connectivity index (χ4v) is 2.56. The molecule has 1 aromatic carbocycles. The first-order chi connectivity index (χ1) is 11.7. The van der Waals surface area contributed by atoms with Crippen LogP contribution >= 0.6 is 0 Å². The van der Waals surface area contributed by atoms with E-state index in [9.17, 15) is 14.9 Å². The van der Waals surface area contributed by atoms with Gasteiger partial charge in [0.25, 0.3) is 11.7 Å². The Labute approximate surface area is 144 Å². The molecule has 25 heavy (non-hydrogen) atoms. The van der Waals surface area contributed by atoms with E-state index in [1.54, 1.807) is 11.0 Å². The number of anilines is 1. The molecule has 0 radical (unpaired) electrons. The number of carbonyl (C=O) groups excluding carboxylic acids is 1. The van der Waals surface area contributed by atoms with Crippen LogP contribution in [0.25, 0.3) is 11.1 Å². The molecule has 2 heterocycles. The first-order valence-corrected chi connectivity index (χ1v) is 8.01. The lowest BCUT2D eigenvalue weighted by Gasteiger charge is -2.34. The minimum atomic E-state index is -0.525. The number of aromatic nitrogens is 1. The third kappa shape index (κ3) is 3.81. The van der Waals surface area contributed by atoms with Crippen LogP contribution in [0.2, 0.25) is 0 Å². The number of nitro benzene ring substituents is 1. The van der Waals surface area contributed by atoms with E-state index in [-0.39, 0.29) is 11.8 Å². The van der Waals surface area contributed by atoms with E-state index in [1.165, 1.54) is 12.1 Å². The third-order valence-electron chi connectivity index (χ3n) is 3.77. The van der Waals surface area contributed by atoms with Gasteiger partial charge < -0.3 is 19.0 Å². The van der Waals surface area contributed by atoms with Gasteiger partial charge in [-0.25, -0.2) is 4.79 Å². The first-order valence-electron chi connectivity index (χ1n) is 8.01. The highest BCUT2D eigenvalue weighted by molar-refractivity contribution is 5.77. The molecular weight excluding hydrogens is 328 g/mol. The molecule has 1 aromatic heterocycles. The number of benzene rings is 1. The summed E-state index contributed by atoms with van der Waals surface area (Å²) in [6.45, 7) is 7.58. The lowest BCUT2D eigenvalue weighted by molar-refractivity contribution is -0.384. The van der Waals surface area contributed by atoms with Crippen LogP contribution < -0.4 is 4.90 Å². The average Bonchev–Trinajstić information content (AvgIpc) is 2.96. The molecule has 1 aliphatic rings. The quantitative estimate of drug-likeness (QED) is 0.607. The molecule has 9 nitrogen and oxygen atoms in total. The van der Waals surface area contributed by atoms with Crippen molar-refractivity contribution in [3.8, 4) is 0 Å². The number of fused-ring (bicyclic) bond motifs is 1. The summed E-state index contributed by atoms with van der Waals surface area (Å²) in [5.74, 6) is 0. The Balaban J connectivity index is 1.67. The van der Waals surface area contributed by atoms with E-state index in [0.717, 1.165) is 0 Å². The number of carbonyl (C=O) groups is 1. The van der Waals surface area contributed by atoms with Crippen LogP contribution in [-0.4, -0.2) is 52.7 Å². The van der Waals surface area contributed by atoms with Crippen LogP contribution in [0.1, 0.15) is 20.8 Å². The Bertz CT molecular complexity index is 802. The second-order valence-electron chi connectivity index (χ2n) is 6.86. The fourth-order valence-electron chi connectivity index (χ4n) is 2.56. The smallest absolute Gasteiger partial charge is 0.410 e. The normalized spacial score (nSPS) is 15.5. The molecule has 0 spiro atoms. The van der Waals surface area contributed by atoms with E-state index in [0.29, 0.717) is 43.3 Å². The average molecular weight is 348 g/mol. The van der Waals surface area contributed by atoms with E-state index < -0.39 is 10.5 Å². The molecule has 9 heteroatoms. The van der Waals surface area contributed by atoms with Gasteiger partial charge >= 0.3 is 6.09 Å². The lowest BCUT2D eigenvalue weighted by atomic mass is 10.2. The number of ether oxygens (including phenoxy) is 1. The maximum absolute atomic E-state index is 12.1. The zero-order chi connectivity index (χ0) is 18.2. The molecule has 0 aliphatic carbocycles. The van der Waals surface area contributed by atoms with Crippen LogP contribution in [-0.2, 0) is 4.74 Å². The summed E-state index contributed by atoms with van der Waals surface area (Å²) in [6, 6.07) is 4.72. The van der Waals surface area contributed by atoms with Crippen LogP contribution in [0.5, 0.6) is 0 Å². The molecule has 1 fully saturated rings. The maximum Gasteiger partial charge on any atom is 0.410 e. The second-order valence-corrected chi connectivity index (χ2v) is 6.86. The van der Waals surface area contributed by atoms with Crippen molar-refractivity contribution in [1.82, 2.24) is 9.88 Å². The molecule has 3 rings (SSSR count). The molecule has 134 valence electrons. The van der Waals surface area contributed by atoms with Crippen molar-refractivity contribution in [2.45, 2.75) is 26.4 Å². The van der Waals surface area contributed by atoms with Crippen molar-refractivity contribution in [3.63, 3.8) is 0 Å². The molecule has 1 saturated heterocycles. The molecule has 2 aromatic rings. The molecule has 0 atom stereocenters. The number of hydrogen-bond donors (Lipinski definition) is 0. The summed E-state index contributed by atoms with van der Waals surface area (Å²) in [6.07, 6.45) is -0.333. The Morgan fingerprint density at radius 2 is 1.96 bits per heavy atom. The van der Waals surface area contributed by atoms with Gasteiger partial charge in [-0.1, -0.05) is 0 Å². The van der Waals surface area contributed by atoms with Crippen LogP contribution in [0.4, 0.5) is 16.5 Å². The first kappa shape index (κ1) is 17.0. The third-order valence-corrected chi connectivity index (χ3v) is 3.77. The minimum absolute atomic E-state index is 0.0258. The summed E-state index contributed by atoms with van der Waals surface area (Å²) in [7, 11) is 0. The van der Waals surface area contributed by atoms with Crippen molar-refractivity contribution < 1.29 is 18.9 Å². The van der Waals surface area contributed by atoms with Gasteiger partial charge in [-0.3, -0.25) is 10.1 Å². The molecule has 0 N–H and O–H groups in total. The summed E-state index contributed by atoms with van der Waals surface area (Å²) < 4.78 is 11.0. The predicted octanol–water partition coefficient (Wildman–Crippen LogP) is 2.79. The van der Waals surface area contributed by atoms with Crippen LogP contribution in [0, 0.1) is 10.1 Å². The van der Waals surface area contributed by atoms with Gasteiger partial charge in [-0.2, -0.15) is 4.98 Å². The van der Waals surface area contributed by atoms with E-state index in [2.05, 4.69) is 4.98 Å². The number of non-ortho nitro benzene ring substituents is 1. The number of oxazole rings is 1. The Morgan fingerprint density at radius 3 is 2.56 bits per heavy atom. The van der Waals surface area contributed by atoms with Crippen molar-refractivity contribution in [2.24, 2.45) is 0 Å². The van der Waals surface area contributed by atoms with Crippen LogP contribution in [0.3, 0.4) is 0 Å². The van der Waals surface area contributed by atoms with Gasteiger partial charge in [0.15, 0.2) is 5.58 Å². The number of nitro groups is 1. The van der Waals surface area contributed by atoms with E-state index >= 15 is 0 Å². The number of rotatable bonds is 2. The molecule has 1 amide bonds. The number of piperazine rings is 1. The molecule has 0 unspecified atom stereocenters. The molecule has 0 saturated carbocycles. The topological polar surface area (TPSA) is 102 Å². The highest BCUT2D eigenvalue weighted by Crippen LogP contribution is 2.26. The van der Waals surface area contributed by atoms with Gasteiger partial charge in [0.05, 0.1) is 4.92 Å². The van der Waals surface area contributed by atoms with Gasteiger partial charge in [-0.05, 0) is 26.8 Å². The Morgan fingerprint density at radius 1 is 1.28 bits per heavy atom. The lowest BCUT2D eigenvalue weighted by Crippen LogP contribution is -2.50. The highest BCUT2D eigenvalue weighted by atomic mass is 16.6. The SMILES string of the molecule is CC(C)(C)OC(=O)N1CCN(c2nc3cc([N+](=O)[O-])ccc3o2)CC1. The number of hydrogen-bond acceptors (Lipinski definition) is 7. The van der Waals surface area contributed by atoms with E-state index in [1.807, 2.05) is 25.7 Å². The zero-order valence-corrected chi connectivity index (χ0v) is 14.4. The minimum Gasteiger partial charge on any atom is -0.444 e. The molecular formula is C16H20N4O5. The van der Waals surface area contributed by atoms with Crippen LogP contribution in [0.15, 0.2) is 22.6 Å². The van der Waals surface area contributed by atoms with Crippen molar-refractivity contribution >= 4 is 28.9 Å². The summed E-state index contributed by atoms with van der Waals surface area (Å²) in [5.41, 5.74) is 0.388. The van der Waals surface area contributed by atoms with Crippen molar-refractivity contribution in [1.29, 1.82) is 0 Å². The highest BCUT2D eigenvalue weighted by Gasteiger charge is 2.27. The largest absolute Gasteiger partial charge is 0.444 e. The zero-order valence-electron chi connectivity index (χ0n) is 14.4. The predicted molar refractivity (Wildman–Crippen MR) is 90.7 cm³/mol. The summed E-state index contributed by atoms with van der Waals surface area (Å²) in [4.78, 5) is 30.3. The van der Waals surface area contributed by atoms with Crippen molar-refractivity contribution in [2.75, 3.05) is 31.1 Å². The van der Waals surface area contributed by atoms with Gasteiger partial charge in [0.2, 0.25) is 0 Å². The van der Waals surface area contributed by atoms with Gasteiger partial charge in [0.1, 0.15) is 11.1 Å².